The average molecular weight is 525 g/mol. The third kappa shape index (κ3) is 6.80. The topological polar surface area (TPSA) is 59.8 Å². The summed E-state index contributed by atoms with van der Waals surface area (Å²) in [5.41, 5.74) is 3.38. The van der Waals surface area contributed by atoms with Gasteiger partial charge in [0.15, 0.2) is 11.0 Å². The number of carbonyl (C=O) groups excluding carboxylic acids is 1. The Kier molecular flexibility index (Phi) is 8.33. The van der Waals surface area contributed by atoms with Gasteiger partial charge in [0, 0.05) is 16.9 Å². The van der Waals surface area contributed by atoms with Crippen LogP contribution in [0.15, 0.2) is 78.0 Å². The van der Waals surface area contributed by atoms with Gasteiger partial charge in [-0.1, -0.05) is 73.1 Å². The van der Waals surface area contributed by atoms with Crippen LogP contribution in [0.4, 0.5) is 18.9 Å². The molecular formula is C28H27F3N4OS. The van der Waals surface area contributed by atoms with Gasteiger partial charge in [-0.3, -0.25) is 9.36 Å². The van der Waals surface area contributed by atoms with Crippen LogP contribution in [0.25, 0.3) is 17.1 Å². The van der Waals surface area contributed by atoms with E-state index in [9.17, 15) is 18.0 Å². The van der Waals surface area contributed by atoms with Crippen LogP contribution in [0.5, 0.6) is 0 Å². The van der Waals surface area contributed by atoms with E-state index in [0.29, 0.717) is 11.0 Å². The van der Waals surface area contributed by atoms with E-state index in [-0.39, 0.29) is 11.4 Å². The summed E-state index contributed by atoms with van der Waals surface area (Å²) in [6.45, 7) is 4.17. The Bertz CT molecular complexity index is 1350. The smallest absolute Gasteiger partial charge is 0.325 e. The zero-order valence-electron chi connectivity index (χ0n) is 20.5. The van der Waals surface area contributed by atoms with E-state index in [4.69, 9.17) is 0 Å². The van der Waals surface area contributed by atoms with Crippen molar-refractivity contribution in [2.75, 3.05) is 11.1 Å². The van der Waals surface area contributed by atoms with Gasteiger partial charge in [-0.25, -0.2) is 0 Å². The first-order valence-electron chi connectivity index (χ1n) is 12.0. The van der Waals surface area contributed by atoms with Gasteiger partial charge in [0.1, 0.15) is 0 Å². The van der Waals surface area contributed by atoms with Crippen molar-refractivity contribution < 1.29 is 18.0 Å². The van der Waals surface area contributed by atoms with Gasteiger partial charge < -0.3 is 5.32 Å². The molecule has 5 nitrogen and oxygen atoms in total. The van der Waals surface area contributed by atoms with Crippen LogP contribution in [0, 0.1) is 6.92 Å². The van der Waals surface area contributed by atoms with Crippen molar-refractivity contribution in [3.8, 4) is 17.1 Å². The lowest BCUT2D eigenvalue weighted by Crippen LogP contribution is -2.15. The molecular weight excluding hydrogens is 497 g/mol. The van der Waals surface area contributed by atoms with Gasteiger partial charge in [0.25, 0.3) is 0 Å². The fraction of sp³-hybridized carbons (Fsp3) is 0.250. The number of aryl methyl sites for hydroxylation is 2. The molecule has 0 bridgehead atoms. The molecule has 0 saturated carbocycles. The highest BCUT2D eigenvalue weighted by Crippen LogP contribution is 2.31. The Morgan fingerprint density at radius 1 is 1.00 bits per heavy atom. The van der Waals surface area contributed by atoms with E-state index in [0.717, 1.165) is 48.2 Å². The number of thioether (sulfide) groups is 1. The number of aromatic nitrogens is 3. The number of hydrogen-bond acceptors (Lipinski definition) is 4. The van der Waals surface area contributed by atoms with Crippen molar-refractivity contribution >= 4 is 23.4 Å². The van der Waals surface area contributed by atoms with Crippen LogP contribution in [0.2, 0.25) is 0 Å². The highest BCUT2D eigenvalue weighted by atomic mass is 32.2. The van der Waals surface area contributed by atoms with E-state index in [2.05, 4.69) is 34.6 Å². The van der Waals surface area contributed by atoms with Gasteiger partial charge in [-0.2, -0.15) is 13.2 Å². The average Bonchev–Trinajstić information content (AvgIpc) is 3.30. The molecule has 1 N–H and O–H groups in total. The maximum atomic E-state index is 13.0. The fourth-order valence-corrected chi connectivity index (χ4v) is 4.53. The highest BCUT2D eigenvalue weighted by molar-refractivity contribution is 7.99. The van der Waals surface area contributed by atoms with Crippen LogP contribution in [0.1, 0.15) is 36.5 Å². The molecule has 3 aromatic carbocycles. The molecule has 192 valence electrons. The lowest BCUT2D eigenvalue weighted by atomic mass is 10.1. The number of alkyl halides is 3. The Labute approximate surface area is 218 Å². The predicted octanol–water partition coefficient (Wildman–Crippen LogP) is 7.33. The number of halogens is 3. The molecule has 0 unspecified atom stereocenters. The van der Waals surface area contributed by atoms with E-state index < -0.39 is 17.6 Å². The summed E-state index contributed by atoms with van der Waals surface area (Å²) in [7, 11) is 0. The molecule has 9 heteroatoms. The van der Waals surface area contributed by atoms with Gasteiger partial charge in [0.05, 0.1) is 11.3 Å². The molecule has 1 heterocycles. The number of anilines is 1. The summed E-state index contributed by atoms with van der Waals surface area (Å²) in [5.74, 6) is 0.157. The number of rotatable bonds is 9. The fourth-order valence-electron chi connectivity index (χ4n) is 3.78. The van der Waals surface area contributed by atoms with Crippen LogP contribution < -0.4 is 5.32 Å². The largest absolute Gasteiger partial charge is 0.416 e. The molecule has 0 aliphatic carbocycles. The summed E-state index contributed by atoms with van der Waals surface area (Å²) in [4.78, 5) is 12.6. The molecule has 4 rings (SSSR count). The minimum Gasteiger partial charge on any atom is -0.325 e. The Balaban J connectivity index is 1.56. The molecule has 4 aromatic rings. The summed E-state index contributed by atoms with van der Waals surface area (Å²) >= 11 is 1.17. The number of nitrogens with one attached hydrogen (secondary N) is 1. The van der Waals surface area contributed by atoms with E-state index >= 15 is 0 Å². The molecule has 0 fully saturated rings. The second-order valence-corrected chi connectivity index (χ2v) is 9.64. The Morgan fingerprint density at radius 3 is 2.41 bits per heavy atom. The minimum absolute atomic E-state index is 0.0448. The monoisotopic (exact) mass is 524 g/mol. The SMILES string of the molecule is CCCCc1ccc(-n2c(SCC(=O)Nc3cccc(C(F)(F)F)c3)nnc2-c2ccc(C)cc2)cc1. The van der Waals surface area contributed by atoms with Crippen molar-refractivity contribution in [3.05, 3.63) is 89.5 Å². The summed E-state index contributed by atoms with van der Waals surface area (Å²) in [6.07, 6.45) is -1.25. The Hall–Kier alpha value is -3.59. The van der Waals surface area contributed by atoms with Gasteiger partial charge in [-0.05, 0) is 55.7 Å². The second-order valence-electron chi connectivity index (χ2n) is 8.69. The maximum Gasteiger partial charge on any atom is 0.416 e. The second kappa shape index (κ2) is 11.6. The van der Waals surface area contributed by atoms with Crippen LogP contribution >= 0.6 is 11.8 Å². The minimum atomic E-state index is -4.48. The first-order valence-corrected chi connectivity index (χ1v) is 12.9. The zero-order valence-corrected chi connectivity index (χ0v) is 21.4. The zero-order chi connectivity index (χ0) is 26.4. The molecule has 1 aromatic heterocycles. The van der Waals surface area contributed by atoms with Crippen molar-refractivity contribution in [2.24, 2.45) is 0 Å². The van der Waals surface area contributed by atoms with Crippen LogP contribution in [-0.4, -0.2) is 26.4 Å². The predicted molar refractivity (Wildman–Crippen MR) is 141 cm³/mol. The summed E-state index contributed by atoms with van der Waals surface area (Å²) in [5, 5.41) is 11.8. The van der Waals surface area contributed by atoms with Gasteiger partial charge in [0.2, 0.25) is 5.91 Å². The van der Waals surface area contributed by atoms with Crippen molar-refractivity contribution in [2.45, 2.75) is 44.4 Å². The van der Waals surface area contributed by atoms with E-state index in [1.165, 1.54) is 29.5 Å². The van der Waals surface area contributed by atoms with Gasteiger partial charge in [-0.15, -0.1) is 10.2 Å². The quantitative estimate of drug-likeness (QED) is 0.233. The molecule has 37 heavy (non-hydrogen) atoms. The lowest BCUT2D eigenvalue weighted by Gasteiger charge is -2.12. The number of unbranched alkanes of at least 4 members (excludes halogenated alkanes) is 1. The van der Waals surface area contributed by atoms with Crippen molar-refractivity contribution in [1.29, 1.82) is 0 Å². The maximum absolute atomic E-state index is 13.0. The number of benzene rings is 3. The molecule has 0 aliphatic heterocycles. The van der Waals surface area contributed by atoms with Crippen molar-refractivity contribution in [3.63, 3.8) is 0 Å². The van der Waals surface area contributed by atoms with E-state index in [1.54, 1.807) is 0 Å². The number of hydrogen-bond donors (Lipinski definition) is 1. The third-order valence-electron chi connectivity index (χ3n) is 5.76. The van der Waals surface area contributed by atoms with E-state index in [1.807, 2.05) is 47.9 Å². The first kappa shape index (κ1) is 26.5. The molecule has 1 amide bonds. The highest BCUT2D eigenvalue weighted by Gasteiger charge is 2.30. The standard InChI is InChI=1S/C28H27F3N4OS/c1-3-4-6-20-11-15-24(16-12-20)35-26(21-13-9-19(2)10-14-21)33-34-27(35)37-18-25(36)32-23-8-5-7-22(17-23)28(29,30)31/h5,7-17H,3-4,6,18H2,1-2H3,(H,32,36). The number of carbonyl (C=O) groups is 1. The molecule has 0 atom stereocenters. The number of amides is 1. The number of nitrogens with zero attached hydrogens (tertiary/aromatic N) is 3. The first-order chi connectivity index (χ1) is 17.7. The molecule has 0 aliphatic rings. The Morgan fingerprint density at radius 2 is 1.73 bits per heavy atom. The summed E-state index contributed by atoms with van der Waals surface area (Å²) < 4.78 is 40.9. The van der Waals surface area contributed by atoms with Gasteiger partial charge >= 0.3 is 6.18 Å². The molecule has 0 spiro atoms. The molecule has 0 saturated heterocycles. The third-order valence-corrected chi connectivity index (χ3v) is 6.69. The van der Waals surface area contributed by atoms with Crippen molar-refractivity contribution in [1.82, 2.24) is 14.8 Å². The van der Waals surface area contributed by atoms with Crippen LogP contribution in [-0.2, 0) is 17.4 Å². The summed E-state index contributed by atoms with van der Waals surface area (Å²) in [6, 6.07) is 20.7. The van der Waals surface area contributed by atoms with Crippen LogP contribution in [0.3, 0.4) is 0 Å². The normalized spacial score (nSPS) is 11.5. The molecule has 0 radical (unpaired) electrons. The lowest BCUT2D eigenvalue weighted by molar-refractivity contribution is -0.137.